The van der Waals surface area contributed by atoms with Crippen LogP contribution in [-0.4, -0.2) is 25.4 Å². The fraction of sp³-hybridized carbons (Fsp3) is 0.333. The van der Waals surface area contributed by atoms with E-state index in [-0.39, 0.29) is 6.04 Å². The molecule has 124 valence electrons. The van der Waals surface area contributed by atoms with Gasteiger partial charge in [-0.25, -0.2) is 0 Å². The molecule has 2 aromatic carbocycles. The van der Waals surface area contributed by atoms with Crippen LogP contribution in [0.2, 0.25) is 0 Å². The molecule has 0 aliphatic carbocycles. The molecule has 0 aliphatic heterocycles. The Morgan fingerprint density at radius 3 is 2.22 bits per heavy atom. The number of nitrogens with two attached hydrogens (primary N) is 1. The summed E-state index contributed by atoms with van der Waals surface area (Å²) in [6.07, 6.45) is -0.671. The van der Waals surface area contributed by atoms with Gasteiger partial charge in [0.2, 0.25) is 0 Å². The van der Waals surface area contributed by atoms with Gasteiger partial charge in [0.1, 0.15) is 12.4 Å². The normalized spacial score (nSPS) is 13.3. The van der Waals surface area contributed by atoms with Crippen LogP contribution in [0, 0.1) is 0 Å². The van der Waals surface area contributed by atoms with Crippen LogP contribution in [0.3, 0.4) is 0 Å². The Bertz CT molecular complexity index is 625. The second-order valence-electron chi connectivity index (χ2n) is 5.35. The van der Waals surface area contributed by atoms with Gasteiger partial charge in [0, 0.05) is 6.04 Å². The molecule has 0 saturated carbocycles. The number of methoxy groups -OCH3 is 2. The molecule has 0 aromatic heterocycles. The van der Waals surface area contributed by atoms with Crippen LogP contribution in [0.5, 0.6) is 17.2 Å². The van der Waals surface area contributed by atoms with E-state index in [0.717, 1.165) is 16.9 Å². The maximum Gasteiger partial charge on any atom is 0.161 e. The summed E-state index contributed by atoms with van der Waals surface area (Å²) < 4.78 is 16.2. The average molecular weight is 317 g/mol. The quantitative estimate of drug-likeness (QED) is 0.821. The van der Waals surface area contributed by atoms with Crippen molar-refractivity contribution in [1.29, 1.82) is 0 Å². The highest BCUT2D eigenvalue weighted by molar-refractivity contribution is 5.42. The summed E-state index contributed by atoms with van der Waals surface area (Å²) in [5.74, 6) is 2.08. The SMILES string of the molecule is COc1ccc(COc2ccc(C(O)C(C)N)cc2)cc1OC. The van der Waals surface area contributed by atoms with E-state index < -0.39 is 6.10 Å². The highest BCUT2D eigenvalue weighted by Crippen LogP contribution is 2.28. The van der Waals surface area contributed by atoms with Gasteiger partial charge in [0.15, 0.2) is 11.5 Å². The molecule has 0 aliphatic rings. The lowest BCUT2D eigenvalue weighted by Gasteiger charge is -2.15. The third-order valence-electron chi connectivity index (χ3n) is 3.57. The minimum Gasteiger partial charge on any atom is -0.493 e. The van der Waals surface area contributed by atoms with E-state index in [0.29, 0.717) is 18.1 Å². The Hall–Kier alpha value is -2.24. The number of benzene rings is 2. The summed E-state index contributed by atoms with van der Waals surface area (Å²) in [5, 5.41) is 9.91. The standard InChI is InChI=1S/C18H23NO4/c1-12(19)18(20)14-5-7-15(8-6-14)23-11-13-4-9-16(21-2)17(10-13)22-3/h4-10,12,18,20H,11,19H2,1-3H3. The summed E-state index contributed by atoms with van der Waals surface area (Å²) in [7, 11) is 3.21. The molecule has 2 rings (SSSR count). The highest BCUT2D eigenvalue weighted by Gasteiger charge is 2.12. The van der Waals surface area contributed by atoms with E-state index in [1.165, 1.54) is 0 Å². The zero-order valence-electron chi connectivity index (χ0n) is 13.7. The summed E-state index contributed by atoms with van der Waals surface area (Å²) in [6.45, 7) is 2.18. The van der Waals surface area contributed by atoms with E-state index in [4.69, 9.17) is 19.9 Å². The maximum absolute atomic E-state index is 9.91. The molecule has 0 amide bonds. The van der Waals surface area contributed by atoms with Gasteiger partial charge in [-0.3, -0.25) is 0 Å². The van der Waals surface area contributed by atoms with Gasteiger partial charge in [0.05, 0.1) is 20.3 Å². The third-order valence-corrected chi connectivity index (χ3v) is 3.57. The smallest absolute Gasteiger partial charge is 0.161 e. The number of hydrogen-bond acceptors (Lipinski definition) is 5. The summed E-state index contributed by atoms with van der Waals surface area (Å²) >= 11 is 0. The molecule has 0 bridgehead atoms. The van der Waals surface area contributed by atoms with Crippen molar-refractivity contribution in [2.24, 2.45) is 5.73 Å². The van der Waals surface area contributed by atoms with Gasteiger partial charge >= 0.3 is 0 Å². The number of hydrogen-bond donors (Lipinski definition) is 2. The van der Waals surface area contributed by atoms with Gasteiger partial charge in [-0.2, -0.15) is 0 Å². The molecule has 2 aromatic rings. The lowest BCUT2D eigenvalue weighted by molar-refractivity contribution is 0.153. The Morgan fingerprint density at radius 2 is 1.65 bits per heavy atom. The molecular weight excluding hydrogens is 294 g/mol. The van der Waals surface area contributed by atoms with Crippen molar-refractivity contribution in [3.05, 3.63) is 53.6 Å². The number of aliphatic hydroxyl groups is 1. The second kappa shape index (κ2) is 7.85. The molecule has 0 heterocycles. The Labute approximate surface area is 136 Å². The summed E-state index contributed by atoms with van der Waals surface area (Å²) in [6, 6.07) is 12.6. The lowest BCUT2D eigenvalue weighted by Crippen LogP contribution is -2.24. The zero-order chi connectivity index (χ0) is 16.8. The molecule has 23 heavy (non-hydrogen) atoms. The highest BCUT2D eigenvalue weighted by atomic mass is 16.5. The zero-order valence-corrected chi connectivity index (χ0v) is 13.7. The van der Waals surface area contributed by atoms with Gasteiger partial charge in [0.25, 0.3) is 0 Å². The van der Waals surface area contributed by atoms with E-state index in [9.17, 15) is 5.11 Å². The number of aliphatic hydroxyl groups excluding tert-OH is 1. The van der Waals surface area contributed by atoms with Crippen LogP contribution in [-0.2, 0) is 6.61 Å². The van der Waals surface area contributed by atoms with Crippen molar-refractivity contribution in [3.8, 4) is 17.2 Å². The third kappa shape index (κ3) is 4.37. The molecule has 5 nitrogen and oxygen atoms in total. The van der Waals surface area contributed by atoms with Gasteiger partial charge in [-0.05, 0) is 42.3 Å². The van der Waals surface area contributed by atoms with Crippen molar-refractivity contribution in [1.82, 2.24) is 0 Å². The van der Waals surface area contributed by atoms with Crippen molar-refractivity contribution >= 4 is 0 Å². The van der Waals surface area contributed by atoms with Crippen molar-refractivity contribution in [2.75, 3.05) is 14.2 Å². The van der Waals surface area contributed by atoms with E-state index >= 15 is 0 Å². The van der Waals surface area contributed by atoms with Crippen LogP contribution in [0.25, 0.3) is 0 Å². The van der Waals surface area contributed by atoms with Crippen LogP contribution in [0.4, 0.5) is 0 Å². The van der Waals surface area contributed by atoms with Gasteiger partial charge < -0.3 is 25.1 Å². The molecule has 5 heteroatoms. The summed E-state index contributed by atoms with van der Waals surface area (Å²) in [5.41, 5.74) is 7.44. The first-order valence-electron chi connectivity index (χ1n) is 7.42. The molecule has 2 unspecified atom stereocenters. The largest absolute Gasteiger partial charge is 0.493 e. The fourth-order valence-electron chi connectivity index (χ4n) is 2.20. The second-order valence-corrected chi connectivity index (χ2v) is 5.35. The van der Waals surface area contributed by atoms with Crippen molar-refractivity contribution in [3.63, 3.8) is 0 Å². The van der Waals surface area contributed by atoms with Crippen molar-refractivity contribution < 1.29 is 19.3 Å². The number of ether oxygens (including phenoxy) is 3. The topological polar surface area (TPSA) is 73.9 Å². The molecule has 2 atom stereocenters. The van der Waals surface area contributed by atoms with E-state index in [1.807, 2.05) is 42.5 Å². The molecule has 3 N–H and O–H groups in total. The van der Waals surface area contributed by atoms with Crippen molar-refractivity contribution in [2.45, 2.75) is 25.7 Å². The molecule has 0 spiro atoms. The monoisotopic (exact) mass is 317 g/mol. The van der Waals surface area contributed by atoms with Crippen LogP contribution in [0.1, 0.15) is 24.2 Å². The predicted octanol–water partition coefficient (Wildman–Crippen LogP) is 2.66. The molecule has 0 radical (unpaired) electrons. The first-order chi connectivity index (χ1) is 11.0. The van der Waals surface area contributed by atoms with Gasteiger partial charge in [-0.15, -0.1) is 0 Å². The Balaban J connectivity index is 2.01. The molecular formula is C18H23NO4. The molecule has 0 saturated heterocycles. The average Bonchev–Trinajstić information content (AvgIpc) is 2.59. The number of rotatable bonds is 7. The summed E-state index contributed by atoms with van der Waals surface area (Å²) in [4.78, 5) is 0. The maximum atomic E-state index is 9.91. The van der Waals surface area contributed by atoms with E-state index in [1.54, 1.807) is 21.1 Å². The van der Waals surface area contributed by atoms with Gasteiger partial charge in [-0.1, -0.05) is 18.2 Å². The minimum absolute atomic E-state index is 0.312. The first-order valence-corrected chi connectivity index (χ1v) is 7.42. The first kappa shape index (κ1) is 17.1. The van der Waals surface area contributed by atoms with Crippen LogP contribution >= 0.6 is 0 Å². The van der Waals surface area contributed by atoms with Crippen LogP contribution in [0.15, 0.2) is 42.5 Å². The van der Waals surface area contributed by atoms with E-state index in [2.05, 4.69) is 0 Å². The predicted molar refractivity (Wildman–Crippen MR) is 88.9 cm³/mol. The van der Waals surface area contributed by atoms with Crippen LogP contribution < -0.4 is 19.9 Å². The molecule has 0 fully saturated rings. The minimum atomic E-state index is -0.671. The Kier molecular flexibility index (Phi) is 5.84. The lowest BCUT2D eigenvalue weighted by atomic mass is 10.0. The Morgan fingerprint density at radius 1 is 1.00 bits per heavy atom. The fourth-order valence-corrected chi connectivity index (χ4v) is 2.20.